The maximum Gasteiger partial charge on any atom is 0.242 e. The van der Waals surface area contributed by atoms with Crippen molar-refractivity contribution in [3.8, 4) is 0 Å². The third kappa shape index (κ3) is 8.08. The van der Waals surface area contributed by atoms with Gasteiger partial charge in [-0.3, -0.25) is 13.9 Å². The number of hydrogen-bond donors (Lipinski definition) is 1. The molecule has 2 rings (SSSR count). The highest BCUT2D eigenvalue weighted by molar-refractivity contribution is 7.92. The van der Waals surface area contributed by atoms with E-state index in [1.165, 1.54) is 10.6 Å². The molecule has 0 aliphatic carbocycles. The molecule has 36 heavy (non-hydrogen) atoms. The fourth-order valence-electron chi connectivity index (χ4n) is 4.23. The van der Waals surface area contributed by atoms with Crippen molar-refractivity contribution in [1.29, 1.82) is 0 Å². The van der Waals surface area contributed by atoms with Gasteiger partial charge in [0.1, 0.15) is 6.04 Å². The molecule has 0 bridgehead atoms. The minimum atomic E-state index is -3.53. The van der Waals surface area contributed by atoms with Crippen molar-refractivity contribution in [2.75, 3.05) is 23.7 Å². The Hall–Kier alpha value is -2.87. The van der Waals surface area contributed by atoms with Gasteiger partial charge in [-0.05, 0) is 68.4 Å². The van der Waals surface area contributed by atoms with Crippen molar-refractivity contribution in [2.24, 2.45) is 0 Å². The van der Waals surface area contributed by atoms with E-state index in [9.17, 15) is 18.0 Å². The molecule has 0 saturated carbocycles. The summed E-state index contributed by atoms with van der Waals surface area (Å²) in [7, 11) is -3.53. The third-order valence-corrected chi connectivity index (χ3v) is 7.50. The molecule has 0 aliphatic heterocycles. The zero-order valence-corrected chi connectivity index (χ0v) is 23.3. The van der Waals surface area contributed by atoms with Crippen molar-refractivity contribution in [3.05, 3.63) is 64.7 Å². The van der Waals surface area contributed by atoms with E-state index in [4.69, 9.17) is 0 Å². The number of carbonyl (C=O) groups excluding carboxylic acids is 2. The maximum atomic E-state index is 13.5. The summed E-state index contributed by atoms with van der Waals surface area (Å²) in [5.74, 6) is -0.319. The molecular weight excluding hydrogens is 474 g/mol. The molecule has 1 atom stereocenters. The zero-order valence-electron chi connectivity index (χ0n) is 22.5. The molecule has 2 aromatic carbocycles. The van der Waals surface area contributed by atoms with Gasteiger partial charge in [-0.25, -0.2) is 8.42 Å². The van der Waals surface area contributed by atoms with Gasteiger partial charge in [0.2, 0.25) is 21.8 Å². The number of anilines is 1. The highest BCUT2D eigenvalue weighted by Gasteiger charge is 2.29. The Morgan fingerprint density at radius 3 is 2.31 bits per heavy atom. The summed E-state index contributed by atoms with van der Waals surface area (Å²) in [6, 6.07) is 12.9. The molecule has 0 aromatic heterocycles. The number of benzene rings is 2. The van der Waals surface area contributed by atoms with Crippen LogP contribution in [0.25, 0.3) is 0 Å². The number of nitrogens with zero attached hydrogens (tertiary/aromatic N) is 2. The van der Waals surface area contributed by atoms with Gasteiger partial charge in [0.15, 0.2) is 0 Å². The predicted molar refractivity (Wildman–Crippen MR) is 146 cm³/mol. The van der Waals surface area contributed by atoms with Gasteiger partial charge in [0.05, 0.1) is 11.9 Å². The van der Waals surface area contributed by atoms with Crippen LogP contribution >= 0.6 is 0 Å². The molecule has 1 unspecified atom stereocenters. The first-order chi connectivity index (χ1) is 17.0. The van der Waals surface area contributed by atoms with Gasteiger partial charge in [0, 0.05) is 26.1 Å². The van der Waals surface area contributed by atoms with Crippen LogP contribution in [0.3, 0.4) is 0 Å². The first-order valence-electron chi connectivity index (χ1n) is 12.7. The first-order valence-corrected chi connectivity index (χ1v) is 14.5. The number of sulfonamides is 1. The minimum Gasteiger partial charge on any atom is -0.354 e. The lowest BCUT2D eigenvalue weighted by atomic mass is 10.0. The summed E-state index contributed by atoms with van der Waals surface area (Å²) in [5, 5.41) is 2.93. The minimum absolute atomic E-state index is 0.139. The van der Waals surface area contributed by atoms with E-state index in [0.717, 1.165) is 28.7 Å². The molecule has 2 amide bonds. The Morgan fingerprint density at radius 1 is 1.00 bits per heavy atom. The summed E-state index contributed by atoms with van der Waals surface area (Å²) in [6.07, 6.45) is 2.97. The molecule has 0 saturated heterocycles. The lowest BCUT2D eigenvalue weighted by Crippen LogP contribution is -2.49. The Kier molecular flexibility index (Phi) is 11.0. The van der Waals surface area contributed by atoms with E-state index >= 15 is 0 Å². The molecule has 0 spiro atoms. The van der Waals surface area contributed by atoms with Crippen LogP contribution in [-0.2, 0) is 26.2 Å². The smallest absolute Gasteiger partial charge is 0.242 e. The van der Waals surface area contributed by atoms with E-state index in [1.54, 1.807) is 4.90 Å². The monoisotopic (exact) mass is 515 g/mol. The summed E-state index contributed by atoms with van der Waals surface area (Å²) in [6.45, 7) is 10.8. The van der Waals surface area contributed by atoms with Crippen LogP contribution in [0.5, 0.6) is 0 Å². The molecular formula is C28H41N3O4S. The topological polar surface area (TPSA) is 86.8 Å². The van der Waals surface area contributed by atoms with Gasteiger partial charge in [0.25, 0.3) is 0 Å². The fraction of sp³-hybridized carbons (Fsp3) is 0.500. The molecule has 1 N–H and O–H groups in total. The maximum absolute atomic E-state index is 13.5. The van der Waals surface area contributed by atoms with E-state index in [1.807, 2.05) is 77.1 Å². The van der Waals surface area contributed by atoms with Crippen molar-refractivity contribution < 1.29 is 18.0 Å². The fourth-order valence-corrected chi connectivity index (χ4v) is 5.24. The molecule has 0 heterocycles. The van der Waals surface area contributed by atoms with E-state index < -0.39 is 16.1 Å². The molecule has 0 aliphatic rings. The van der Waals surface area contributed by atoms with Gasteiger partial charge >= 0.3 is 0 Å². The quantitative estimate of drug-likeness (QED) is 0.426. The first kappa shape index (κ1) is 29.4. The molecule has 7 nitrogen and oxygen atoms in total. The number of aryl methyl sites for hydroxylation is 3. The second-order valence-corrected chi connectivity index (χ2v) is 11.3. The standard InChI is InChI=1S/C28H41N3O4S/c1-7-17-29-28(33)25(8-2)30(20-24-13-10-9-12-22(24)4)27(32)14-11-18-31(36(6,34)35)26-19-21(3)15-16-23(26)5/h9-10,12-13,15-16,19,25H,7-8,11,14,17-18,20H2,1-6H3,(H,29,33). The van der Waals surface area contributed by atoms with Crippen LogP contribution in [0.4, 0.5) is 5.69 Å². The van der Waals surface area contributed by atoms with Crippen molar-refractivity contribution in [1.82, 2.24) is 10.2 Å². The lowest BCUT2D eigenvalue weighted by Gasteiger charge is -2.31. The van der Waals surface area contributed by atoms with Gasteiger partial charge in [-0.15, -0.1) is 0 Å². The van der Waals surface area contributed by atoms with Crippen molar-refractivity contribution >= 4 is 27.5 Å². The molecule has 198 valence electrons. The van der Waals surface area contributed by atoms with E-state index in [0.29, 0.717) is 31.6 Å². The Bertz CT molecular complexity index is 1150. The normalized spacial score (nSPS) is 12.2. The second-order valence-electron chi connectivity index (χ2n) is 9.39. The lowest BCUT2D eigenvalue weighted by molar-refractivity contribution is -0.141. The van der Waals surface area contributed by atoms with Crippen LogP contribution in [0.1, 0.15) is 61.8 Å². The molecule has 8 heteroatoms. The van der Waals surface area contributed by atoms with E-state index in [-0.39, 0.29) is 24.8 Å². The van der Waals surface area contributed by atoms with Crippen molar-refractivity contribution in [3.63, 3.8) is 0 Å². The van der Waals surface area contributed by atoms with Crippen molar-refractivity contribution in [2.45, 2.75) is 72.9 Å². The Morgan fingerprint density at radius 2 is 1.69 bits per heavy atom. The van der Waals surface area contributed by atoms with Crippen LogP contribution < -0.4 is 9.62 Å². The van der Waals surface area contributed by atoms with Gasteiger partial charge in [-0.2, -0.15) is 0 Å². The highest BCUT2D eigenvalue weighted by Crippen LogP contribution is 2.25. The van der Waals surface area contributed by atoms with Crippen LogP contribution in [-0.4, -0.2) is 50.5 Å². The number of hydrogen-bond acceptors (Lipinski definition) is 4. The van der Waals surface area contributed by atoms with Gasteiger partial charge < -0.3 is 10.2 Å². The van der Waals surface area contributed by atoms with Gasteiger partial charge in [-0.1, -0.05) is 50.2 Å². The summed E-state index contributed by atoms with van der Waals surface area (Å²) in [4.78, 5) is 28.1. The number of carbonyl (C=O) groups is 2. The summed E-state index contributed by atoms with van der Waals surface area (Å²) < 4.78 is 26.6. The van der Waals surface area contributed by atoms with Crippen LogP contribution in [0.2, 0.25) is 0 Å². The average molecular weight is 516 g/mol. The Balaban J connectivity index is 2.25. The summed E-state index contributed by atoms with van der Waals surface area (Å²) >= 11 is 0. The Labute approximate surface area is 216 Å². The highest BCUT2D eigenvalue weighted by atomic mass is 32.2. The molecule has 2 aromatic rings. The third-order valence-electron chi connectivity index (χ3n) is 6.32. The second kappa shape index (κ2) is 13.4. The molecule has 0 fully saturated rings. The summed E-state index contributed by atoms with van der Waals surface area (Å²) in [5.41, 5.74) is 4.50. The average Bonchev–Trinajstić information content (AvgIpc) is 2.82. The number of nitrogens with one attached hydrogen (secondary N) is 1. The number of rotatable bonds is 13. The SMILES string of the molecule is CCCNC(=O)C(CC)N(Cc1ccccc1C)C(=O)CCCN(c1cc(C)ccc1C)S(C)(=O)=O. The van der Waals surface area contributed by atoms with E-state index in [2.05, 4.69) is 5.32 Å². The molecule has 0 radical (unpaired) electrons. The zero-order chi connectivity index (χ0) is 26.9. The van der Waals surface area contributed by atoms with Crippen LogP contribution in [0.15, 0.2) is 42.5 Å². The number of amides is 2. The largest absolute Gasteiger partial charge is 0.354 e. The predicted octanol–water partition coefficient (Wildman–Crippen LogP) is 4.49. The van der Waals surface area contributed by atoms with Crippen LogP contribution in [0, 0.1) is 20.8 Å².